The van der Waals surface area contributed by atoms with E-state index in [4.69, 9.17) is 9.15 Å². The van der Waals surface area contributed by atoms with Crippen LogP contribution in [0.2, 0.25) is 0 Å². The minimum absolute atomic E-state index is 0.482. The second kappa shape index (κ2) is 5.04. The Morgan fingerprint density at radius 1 is 1.38 bits per heavy atom. The fraction of sp³-hybridized carbons (Fsp3) is 0.600. The van der Waals surface area contributed by atoms with Crippen LogP contribution in [0, 0.1) is 0 Å². The van der Waals surface area contributed by atoms with Crippen LogP contribution in [-0.2, 0) is 17.9 Å². The number of nitrogens with one attached hydrogen (secondary N) is 1. The minimum Gasteiger partial charge on any atom is -0.462 e. The molecule has 13 heavy (non-hydrogen) atoms. The van der Waals surface area contributed by atoms with Crippen LogP contribution in [0.25, 0.3) is 0 Å². The average molecular weight is 183 g/mol. The first-order valence-corrected chi connectivity index (χ1v) is 4.52. The van der Waals surface area contributed by atoms with Crippen molar-refractivity contribution in [1.82, 2.24) is 5.32 Å². The third kappa shape index (κ3) is 3.61. The summed E-state index contributed by atoms with van der Waals surface area (Å²) in [5, 5.41) is 3.28. The van der Waals surface area contributed by atoms with Gasteiger partial charge in [0.1, 0.15) is 18.1 Å². The van der Waals surface area contributed by atoms with Gasteiger partial charge in [0.15, 0.2) is 0 Å². The number of rotatable bonds is 5. The molecule has 0 atom stereocenters. The number of hydrogen-bond acceptors (Lipinski definition) is 3. The van der Waals surface area contributed by atoms with Gasteiger partial charge in [-0.05, 0) is 12.1 Å². The van der Waals surface area contributed by atoms with E-state index in [2.05, 4.69) is 19.2 Å². The normalized spacial score (nSPS) is 11.1. The fourth-order valence-corrected chi connectivity index (χ4v) is 1.04. The number of ether oxygens (including phenoxy) is 1. The van der Waals surface area contributed by atoms with E-state index in [0.29, 0.717) is 12.6 Å². The molecule has 0 aliphatic heterocycles. The van der Waals surface area contributed by atoms with Crippen LogP contribution in [0.4, 0.5) is 0 Å². The Labute approximate surface area is 79.1 Å². The summed E-state index contributed by atoms with van der Waals surface area (Å²) in [6.45, 7) is 5.54. The third-order valence-corrected chi connectivity index (χ3v) is 1.69. The van der Waals surface area contributed by atoms with Gasteiger partial charge in [-0.15, -0.1) is 0 Å². The molecule has 1 N–H and O–H groups in total. The quantitative estimate of drug-likeness (QED) is 0.757. The first-order valence-electron chi connectivity index (χ1n) is 4.52. The van der Waals surface area contributed by atoms with E-state index in [1.807, 2.05) is 12.1 Å². The predicted octanol–water partition coefficient (Wildman–Crippen LogP) is 1.92. The highest BCUT2D eigenvalue weighted by atomic mass is 16.5. The fourth-order valence-electron chi connectivity index (χ4n) is 1.04. The molecule has 0 aliphatic carbocycles. The molecular weight excluding hydrogens is 166 g/mol. The van der Waals surface area contributed by atoms with Crippen LogP contribution in [0.15, 0.2) is 16.5 Å². The van der Waals surface area contributed by atoms with Crippen molar-refractivity contribution in [1.29, 1.82) is 0 Å². The lowest BCUT2D eigenvalue weighted by molar-refractivity contribution is 0.162. The minimum atomic E-state index is 0.482. The van der Waals surface area contributed by atoms with Crippen molar-refractivity contribution in [2.24, 2.45) is 0 Å². The summed E-state index contributed by atoms with van der Waals surface area (Å²) in [4.78, 5) is 0. The highest BCUT2D eigenvalue weighted by Gasteiger charge is 2.01. The predicted molar refractivity (Wildman–Crippen MR) is 51.4 cm³/mol. The molecule has 0 fully saturated rings. The summed E-state index contributed by atoms with van der Waals surface area (Å²) in [7, 11) is 1.66. The van der Waals surface area contributed by atoms with Gasteiger partial charge >= 0.3 is 0 Å². The maximum Gasteiger partial charge on any atom is 0.129 e. The maximum absolute atomic E-state index is 5.49. The topological polar surface area (TPSA) is 34.4 Å². The van der Waals surface area contributed by atoms with E-state index in [-0.39, 0.29) is 0 Å². The van der Waals surface area contributed by atoms with Crippen molar-refractivity contribution in [3.05, 3.63) is 23.7 Å². The van der Waals surface area contributed by atoms with Gasteiger partial charge in [-0.3, -0.25) is 0 Å². The Bertz CT molecular complexity index is 243. The standard InChI is InChI=1S/C10H17NO2/c1-8(2)11-6-9-4-5-10(13-9)7-12-3/h4-5,8,11H,6-7H2,1-3H3. The SMILES string of the molecule is COCc1ccc(CNC(C)C)o1. The summed E-state index contributed by atoms with van der Waals surface area (Å²) >= 11 is 0. The highest BCUT2D eigenvalue weighted by molar-refractivity contribution is 5.06. The molecule has 0 saturated heterocycles. The molecule has 0 bridgehead atoms. The summed E-state index contributed by atoms with van der Waals surface area (Å²) in [6.07, 6.45) is 0. The second-order valence-electron chi connectivity index (χ2n) is 3.34. The average Bonchev–Trinajstić information content (AvgIpc) is 2.50. The smallest absolute Gasteiger partial charge is 0.129 e. The van der Waals surface area contributed by atoms with Crippen LogP contribution in [0.1, 0.15) is 25.4 Å². The van der Waals surface area contributed by atoms with E-state index >= 15 is 0 Å². The van der Waals surface area contributed by atoms with Gasteiger partial charge in [0.2, 0.25) is 0 Å². The molecule has 74 valence electrons. The molecule has 3 nitrogen and oxygen atoms in total. The number of furan rings is 1. The molecule has 0 spiro atoms. The summed E-state index contributed by atoms with van der Waals surface area (Å²) < 4.78 is 10.4. The van der Waals surface area contributed by atoms with Crippen molar-refractivity contribution in [3.8, 4) is 0 Å². The molecule has 1 aromatic heterocycles. The summed E-state index contributed by atoms with van der Waals surface area (Å²) in [5.74, 6) is 1.84. The maximum atomic E-state index is 5.49. The van der Waals surface area contributed by atoms with Crippen LogP contribution < -0.4 is 5.32 Å². The largest absolute Gasteiger partial charge is 0.462 e. The van der Waals surface area contributed by atoms with Crippen LogP contribution in [0.3, 0.4) is 0 Å². The van der Waals surface area contributed by atoms with Gasteiger partial charge in [0.25, 0.3) is 0 Å². The number of methoxy groups -OCH3 is 1. The van der Waals surface area contributed by atoms with Crippen LogP contribution in [-0.4, -0.2) is 13.2 Å². The molecule has 1 aromatic rings. The lowest BCUT2D eigenvalue weighted by Crippen LogP contribution is -2.21. The Balaban J connectivity index is 2.39. The van der Waals surface area contributed by atoms with Gasteiger partial charge in [-0.25, -0.2) is 0 Å². The summed E-state index contributed by atoms with van der Waals surface area (Å²) in [6, 6.07) is 4.40. The monoisotopic (exact) mass is 183 g/mol. The zero-order valence-corrected chi connectivity index (χ0v) is 8.46. The summed E-state index contributed by atoms with van der Waals surface area (Å²) in [5.41, 5.74) is 0. The molecule has 0 aliphatic rings. The zero-order valence-electron chi connectivity index (χ0n) is 8.46. The second-order valence-corrected chi connectivity index (χ2v) is 3.34. The Kier molecular flexibility index (Phi) is 3.99. The Hall–Kier alpha value is -0.800. The Morgan fingerprint density at radius 2 is 2.08 bits per heavy atom. The van der Waals surface area contributed by atoms with Crippen molar-refractivity contribution >= 4 is 0 Å². The molecule has 3 heteroatoms. The van der Waals surface area contributed by atoms with E-state index in [0.717, 1.165) is 18.1 Å². The lowest BCUT2D eigenvalue weighted by atomic mass is 10.3. The molecule has 0 saturated carbocycles. The Morgan fingerprint density at radius 3 is 2.69 bits per heavy atom. The molecule has 0 amide bonds. The molecule has 1 heterocycles. The molecule has 0 aromatic carbocycles. The van der Waals surface area contributed by atoms with Crippen LogP contribution in [0.5, 0.6) is 0 Å². The van der Waals surface area contributed by atoms with E-state index in [9.17, 15) is 0 Å². The van der Waals surface area contributed by atoms with Gasteiger partial charge in [-0.1, -0.05) is 13.8 Å². The van der Waals surface area contributed by atoms with Gasteiger partial charge in [-0.2, -0.15) is 0 Å². The van der Waals surface area contributed by atoms with Crippen molar-refractivity contribution in [2.45, 2.75) is 33.0 Å². The molecule has 0 radical (unpaired) electrons. The first-order chi connectivity index (χ1) is 6.22. The molecule has 1 rings (SSSR count). The lowest BCUT2D eigenvalue weighted by Gasteiger charge is -2.04. The van der Waals surface area contributed by atoms with Gasteiger partial charge in [0, 0.05) is 13.2 Å². The molecular formula is C10H17NO2. The van der Waals surface area contributed by atoms with E-state index in [1.54, 1.807) is 7.11 Å². The van der Waals surface area contributed by atoms with Crippen LogP contribution >= 0.6 is 0 Å². The van der Waals surface area contributed by atoms with Crippen molar-refractivity contribution in [3.63, 3.8) is 0 Å². The third-order valence-electron chi connectivity index (χ3n) is 1.69. The molecule has 0 unspecified atom stereocenters. The van der Waals surface area contributed by atoms with Gasteiger partial charge < -0.3 is 14.5 Å². The van der Waals surface area contributed by atoms with E-state index < -0.39 is 0 Å². The van der Waals surface area contributed by atoms with Gasteiger partial charge in [0.05, 0.1) is 6.54 Å². The first kappa shape index (κ1) is 10.3. The highest BCUT2D eigenvalue weighted by Crippen LogP contribution is 2.08. The van der Waals surface area contributed by atoms with E-state index in [1.165, 1.54) is 0 Å². The zero-order chi connectivity index (χ0) is 9.68. The van der Waals surface area contributed by atoms with Crippen molar-refractivity contribution in [2.75, 3.05) is 7.11 Å². The number of hydrogen-bond donors (Lipinski definition) is 1. The van der Waals surface area contributed by atoms with Crippen molar-refractivity contribution < 1.29 is 9.15 Å².